The van der Waals surface area contributed by atoms with Gasteiger partial charge in [0.1, 0.15) is 0 Å². The fourth-order valence-electron chi connectivity index (χ4n) is 1.39. The van der Waals surface area contributed by atoms with E-state index in [1.807, 2.05) is 0 Å². The van der Waals surface area contributed by atoms with Gasteiger partial charge in [-0.15, -0.1) is 5.10 Å². The van der Waals surface area contributed by atoms with Crippen LogP contribution in [0.1, 0.15) is 16.2 Å². The van der Waals surface area contributed by atoms with Crippen molar-refractivity contribution in [2.24, 2.45) is 0 Å². The number of aromatic carboxylic acids is 1. The Morgan fingerprint density at radius 3 is 2.63 bits per heavy atom. The molecule has 0 aliphatic rings. The molecule has 0 spiro atoms. The molecule has 19 heavy (non-hydrogen) atoms. The van der Waals surface area contributed by atoms with Gasteiger partial charge < -0.3 is 5.11 Å². The predicted octanol–water partition coefficient (Wildman–Crippen LogP) is 2.26. The highest BCUT2D eigenvalue weighted by molar-refractivity contribution is 5.83. The fraction of sp³-hybridized carbons (Fsp3) is 0.0909. The molecule has 0 saturated heterocycles. The highest BCUT2D eigenvalue weighted by atomic mass is 19.4. The average molecular weight is 269 g/mol. The summed E-state index contributed by atoms with van der Waals surface area (Å²) in [6, 6.07) is 4.37. The summed E-state index contributed by atoms with van der Waals surface area (Å²) in [6.07, 6.45) is -3.38. The molecule has 0 atom stereocenters. The normalized spacial score (nSPS) is 11.3. The molecule has 8 heteroatoms. The molecule has 1 N–H and O–H groups in total. The number of carboxylic acid groups (broad SMARTS) is 1. The molecule has 0 radical (unpaired) electrons. The third kappa shape index (κ3) is 2.84. The van der Waals surface area contributed by atoms with E-state index in [9.17, 15) is 18.0 Å². The van der Waals surface area contributed by atoms with Gasteiger partial charge in [-0.2, -0.15) is 18.3 Å². The minimum Gasteiger partial charge on any atom is -0.475 e. The van der Waals surface area contributed by atoms with E-state index in [4.69, 9.17) is 5.11 Å². The van der Waals surface area contributed by atoms with Crippen molar-refractivity contribution in [3.8, 4) is 11.3 Å². The van der Waals surface area contributed by atoms with E-state index < -0.39 is 23.5 Å². The molecule has 1 aromatic carbocycles. The van der Waals surface area contributed by atoms with Crippen molar-refractivity contribution in [1.29, 1.82) is 0 Å². The fourth-order valence-corrected chi connectivity index (χ4v) is 1.39. The summed E-state index contributed by atoms with van der Waals surface area (Å²) < 4.78 is 37.6. The van der Waals surface area contributed by atoms with Crippen molar-refractivity contribution in [3.05, 3.63) is 41.9 Å². The van der Waals surface area contributed by atoms with Crippen molar-refractivity contribution in [3.63, 3.8) is 0 Å². The Kier molecular flexibility index (Phi) is 3.16. The van der Waals surface area contributed by atoms with Crippen LogP contribution in [0.4, 0.5) is 13.2 Å². The number of aromatic nitrogens is 3. The average Bonchev–Trinajstić information content (AvgIpc) is 2.38. The molecule has 0 aliphatic heterocycles. The second-order valence-corrected chi connectivity index (χ2v) is 3.55. The molecule has 2 aromatic rings. The van der Waals surface area contributed by atoms with Crippen molar-refractivity contribution in [2.75, 3.05) is 0 Å². The molecule has 1 heterocycles. The summed E-state index contributed by atoms with van der Waals surface area (Å²) in [5.74, 6) is -1.98. The van der Waals surface area contributed by atoms with Crippen LogP contribution in [0, 0.1) is 0 Å². The molecule has 0 amide bonds. The molecule has 2 rings (SSSR count). The van der Waals surface area contributed by atoms with Gasteiger partial charge in [-0.3, -0.25) is 0 Å². The summed E-state index contributed by atoms with van der Waals surface area (Å²) in [4.78, 5) is 14.3. The number of rotatable bonds is 2. The van der Waals surface area contributed by atoms with Crippen LogP contribution >= 0.6 is 0 Å². The second kappa shape index (κ2) is 4.63. The first-order valence-electron chi connectivity index (χ1n) is 4.98. The first-order valence-corrected chi connectivity index (χ1v) is 4.98. The molecule has 98 valence electrons. The SMILES string of the molecule is O=C(O)c1nncc(-c2cccc(C(F)(F)F)c2)n1. The van der Waals surface area contributed by atoms with Crippen molar-refractivity contribution in [2.45, 2.75) is 6.18 Å². The van der Waals surface area contributed by atoms with Gasteiger partial charge in [0.05, 0.1) is 17.5 Å². The maximum Gasteiger partial charge on any atom is 0.416 e. The lowest BCUT2D eigenvalue weighted by molar-refractivity contribution is -0.137. The van der Waals surface area contributed by atoms with Gasteiger partial charge in [-0.05, 0) is 12.1 Å². The van der Waals surface area contributed by atoms with Gasteiger partial charge >= 0.3 is 12.1 Å². The smallest absolute Gasteiger partial charge is 0.416 e. The van der Waals surface area contributed by atoms with Crippen molar-refractivity contribution < 1.29 is 23.1 Å². The van der Waals surface area contributed by atoms with Crippen molar-refractivity contribution in [1.82, 2.24) is 15.2 Å². The number of halogens is 3. The topological polar surface area (TPSA) is 76.0 Å². The zero-order chi connectivity index (χ0) is 14.0. The summed E-state index contributed by atoms with van der Waals surface area (Å²) in [7, 11) is 0. The number of alkyl halides is 3. The Hall–Kier alpha value is -2.51. The standard InChI is InChI=1S/C11H6F3N3O2/c12-11(13,14)7-3-1-2-6(4-7)8-5-15-17-9(16-8)10(18)19/h1-5H,(H,18,19). The minimum absolute atomic E-state index is 0.0125. The van der Waals surface area contributed by atoms with Gasteiger partial charge in [0, 0.05) is 5.56 Å². The molecule has 0 unspecified atom stereocenters. The van der Waals surface area contributed by atoms with Crippen LogP contribution in [0.5, 0.6) is 0 Å². The Morgan fingerprint density at radius 2 is 2.00 bits per heavy atom. The van der Waals surface area contributed by atoms with Gasteiger partial charge in [0.25, 0.3) is 5.82 Å². The first kappa shape index (κ1) is 12.9. The number of hydrogen-bond acceptors (Lipinski definition) is 4. The van der Waals surface area contributed by atoms with Crippen LogP contribution in [0.3, 0.4) is 0 Å². The lowest BCUT2D eigenvalue weighted by atomic mass is 10.1. The summed E-state index contributed by atoms with van der Waals surface area (Å²) in [5, 5.41) is 15.3. The van der Waals surface area contributed by atoms with Crippen LogP contribution in [0.15, 0.2) is 30.5 Å². The Labute approximate surface area is 104 Å². The molecule has 1 aromatic heterocycles. The molecular formula is C11H6F3N3O2. The van der Waals surface area contributed by atoms with Crippen LogP contribution in [0.2, 0.25) is 0 Å². The van der Waals surface area contributed by atoms with Crippen molar-refractivity contribution >= 4 is 5.97 Å². The molecule has 0 fully saturated rings. The van der Waals surface area contributed by atoms with Crippen LogP contribution < -0.4 is 0 Å². The quantitative estimate of drug-likeness (QED) is 0.904. The minimum atomic E-state index is -4.48. The van der Waals surface area contributed by atoms with E-state index in [2.05, 4.69) is 15.2 Å². The van der Waals surface area contributed by atoms with Crippen LogP contribution in [-0.2, 0) is 6.18 Å². The highest BCUT2D eigenvalue weighted by Crippen LogP contribution is 2.31. The molecule has 0 aliphatic carbocycles. The zero-order valence-electron chi connectivity index (χ0n) is 9.22. The van der Waals surface area contributed by atoms with E-state index in [0.29, 0.717) is 0 Å². The van der Waals surface area contributed by atoms with Gasteiger partial charge in [0.2, 0.25) is 0 Å². The van der Waals surface area contributed by atoms with Gasteiger partial charge in [-0.25, -0.2) is 9.78 Å². The number of carboxylic acids is 1. The molecule has 0 saturated carbocycles. The van der Waals surface area contributed by atoms with Crippen LogP contribution in [-0.4, -0.2) is 26.3 Å². The monoisotopic (exact) mass is 269 g/mol. The lowest BCUT2D eigenvalue weighted by Gasteiger charge is -2.08. The summed E-state index contributed by atoms with van der Waals surface area (Å²) in [6.45, 7) is 0. The largest absolute Gasteiger partial charge is 0.475 e. The van der Waals surface area contributed by atoms with E-state index in [1.54, 1.807) is 0 Å². The predicted molar refractivity (Wildman–Crippen MR) is 57.2 cm³/mol. The Morgan fingerprint density at radius 1 is 1.26 bits per heavy atom. The molecular weight excluding hydrogens is 263 g/mol. The number of benzene rings is 1. The number of hydrogen-bond donors (Lipinski definition) is 1. The third-order valence-electron chi connectivity index (χ3n) is 2.24. The number of nitrogens with zero attached hydrogens (tertiary/aromatic N) is 3. The zero-order valence-corrected chi connectivity index (χ0v) is 9.22. The molecule has 0 bridgehead atoms. The van der Waals surface area contributed by atoms with Gasteiger partial charge in [-0.1, -0.05) is 12.1 Å². The van der Waals surface area contributed by atoms with E-state index in [1.165, 1.54) is 12.1 Å². The second-order valence-electron chi connectivity index (χ2n) is 3.55. The Balaban J connectivity index is 2.48. The first-order chi connectivity index (χ1) is 8.88. The molecule has 5 nitrogen and oxygen atoms in total. The van der Waals surface area contributed by atoms with E-state index >= 15 is 0 Å². The number of carbonyl (C=O) groups is 1. The van der Waals surface area contributed by atoms with Crippen LogP contribution in [0.25, 0.3) is 11.3 Å². The van der Waals surface area contributed by atoms with E-state index in [-0.39, 0.29) is 11.3 Å². The maximum atomic E-state index is 12.5. The lowest BCUT2D eigenvalue weighted by Crippen LogP contribution is -2.07. The van der Waals surface area contributed by atoms with E-state index in [0.717, 1.165) is 18.3 Å². The third-order valence-corrected chi connectivity index (χ3v) is 2.24. The maximum absolute atomic E-state index is 12.5. The highest BCUT2D eigenvalue weighted by Gasteiger charge is 2.30. The summed E-state index contributed by atoms with van der Waals surface area (Å²) in [5.41, 5.74) is -0.716. The summed E-state index contributed by atoms with van der Waals surface area (Å²) >= 11 is 0. The van der Waals surface area contributed by atoms with Gasteiger partial charge in [0.15, 0.2) is 0 Å². The Bertz CT molecular complexity index is 629.